The van der Waals surface area contributed by atoms with E-state index in [2.05, 4.69) is 16.0 Å². The first kappa shape index (κ1) is 18.4. The van der Waals surface area contributed by atoms with Gasteiger partial charge in [0, 0.05) is 11.4 Å². The summed E-state index contributed by atoms with van der Waals surface area (Å²) in [7, 11) is 0. The van der Waals surface area contributed by atoms with Crippen LogP contribution in [0.1, 0.15) is 19.4 Å². The smallest absolute Gasteiger partial charge is 0.319 e. The van der Waals surface area contributed by atoms with Crippen LogP contribution >= 0.6 is 0 Å². The van der Waals surface area contributed by atoms with E-state index in [-0.39, 0.29) is 17.6 Å². The fourth-order valence-electron chi connectivity index (χ4n) is 2.34. The van der Waals surface area contributed by atoms with E-state index in [1.54, 1.807) is 31.2 Å². The Hall–Kier alpha value is -2.89. The topological polar surface area (TPSA) is 70.2 Å². The van der Waals surface area contributed by atoms with Gasteiger partial charge in [-0.25, -0.2) is 9.18 Å². The number of para-hydroxylation sites is 1. The Labute approximate surface area is 146 Å². The third-order valence-electron chi connectivity index (χ3n) is 3.71. The van der Waals surface area contributed by atoms with Crippen LogP contribution in [0.5, 0.6) is 0 Å². The standard InChI is InChI=1S/C19H22FN3O2/c1-12(2)17(23-19(25)21-15-7-5-4-6-8-15)18(24)22-16-10-9-14(20)11-13(16)3/h4-12,17H,1-3H3,(H,22,24)(H2,21,23,25)/t17-/m1/s1. The average molecular weight is 343 g/mol. The van der Waals surface area contributed by atoms with Crippen LogP contribution in [0.2, 0.25) is 0 Å². The van der Waals surface area contributed by atoms with Gasteiger partial charge < -0.3 is 16.0 Å². The van der Waals surface area contributed by atoms with Gasteiger partial charge in [0.25, 0.3) is 0 Å². The molecule has 6 heteroatoms. The molecule has 0 radical (unpaired) electrons. The van der Waals surface area contributed by atoms with Crippen molar-refractivity contribution in [3.05, 3.63) is 59.9 Å². The van der Waals surface area contributed by atoms with Crippen molar-refractivity contribution in [1.82, 2.24) is 5.32 Å². The van der Waals surface area contributed by atoms with E-state index < -0.39 is 12.1 Å². The summed E-state index contributed by atoms with van der Waals surface area (Å²) in [5.74, 6) is -0.841. The fourth-order valence-corrected chi connectivity index (χ4v) is 2.34. The highest BCUT2D eigenvalue weighted by Crippen LogP contribution is 2.17. The van der Waals surface area contributed by atoms with Crippen LogP contribution in [0.15, 0.2) is 48.5 Å². The number of carbonyl (C=O) groups excluding carboxylic acids is 2. The van der Waals surface area contributed by atoms with Crippen molar-refractivity contribution in [3.63, 3.8) is 0 Å². The minimum Gasteiger partial charge on any atom is -0.326 e. The summed E-state index contributed by atoms with van der Waals surface area (Å²) < 4.78 is 13.2. The van der Waals surface area contributed by atoms with Crippen molar-refractivity contribution in [3.8, 4) is 0 Å². The zero-order valence-electron chi connectivity index (χ0n) is 14.5. The number of halogens is 1. The Bertz CT molecular complexity index is 748. The number of urea groups is 1. The van der Waals surface area contributed by atoms with E-state index in [1.807, 2.05) is 19.9 Å². The first-order chi connectivity index (χ1) is 11.9. The van der Waals surface area contributed by atoms with Gasteiger partial charge in [0.2, 0.25) is 5.91 Å². The summed E-state index contributed by atoms with van der Waals surface area (Å²) in [4.78, 5) is 24.7. The summed E-state index contributed by atoms with van der Waals surface area (Å²) in [5.41, 5.74) is 1.77. The van der Waals surface area contributed by atoms with E-state index >= 15 is 0 Å². The highest BCUT2D eigenvalue weighted by atomic mass is 19.1. The largest absolute Gasteiger partial charge is 0.326 e. The summed E-state index contributed by atoms with van der Waals surface area (Å²) in [6, 6.07) is 11.9. The zero-order chi connectivity index (χ0) is 18.4. The molecule has 0 bridgehead atoms. The van der Waals surface area contributed by atoms with Crippen LogP contribution in [0, 0.1) is 18.7 Å². The predicted octanol–water partition coefficient (Wildman–Crippen LogP) is 3.92. The van der Waals surface area contributed by atoms with Crippen molar-refractivity contribution in [1.29, 1.82) is 0 Å². The molecule has 3 amide bonds. The fraction of sp³-hybridized carbons (Fsp3) is 0.263. The van der Waals surface area contributed by atoms with E-state index in [0.717, 1.165) is 0 Å². The zero-order valence-corrected chi connectivity index (χ0v) is 14.5. The molecule has 0 saturated carbocycles. The van der Waals surface area contributed by atoms with Gasteiger partial charge >= 0.3 is 6.03 Å². The van der Waals surface area contributed by atoms with Crippen LogP contribution in [0.4, 0.5) is 20.6 Å². The molecule has 0 unspecified atom stereocenters. The molecule has 0 heterocycles. The molecular weight excluding hydrogens is 321 g/mol. The number of aryl methyl sites for hydroxylation is 1. The van der Waals surface area contributed by atoms with Gasteiger partial charge in [0.05, 0.1) is 0 Å². The predicted molar refractivity (Wildman–Crippen MR) is 97.0 cm³/mol. The summed E-state index contributed by atoms with van der Waals surface area (Å²) >= 11 is 0. The van der Waals surface area contributed by atoms with Crippen LogP contribution in [0.3, 0.4) is 0 Å². The minimum absolute atomic E-state index is 0.123. The summed E-state index contributed by atoms with van der Waals surface area (Å²) in [5, 5.41) is 8.10. The van der Waals surface area contributed by atoms with Gasteiger partial charge in [0.1, 0.15) is 11.9 Å². The van der Waals surface area contributed by atoms with Crippen molar-refractivity contribution in [2.75, 3.05) is 10.6 Å². The molecule has 2 rings (SSSR count). The molecule has 0 saturated heterocycles. The first-order valence-corrected chi connectivity index (χ1v) is 8.06. The quantitative estimate of drug-likeness (QED) is 0.770. The second-order valence-corrected chi connectivity index (χ2v) is 6.13. The SMILES string of the molecule is Cc1cc(F)ccc1NC(=O)[C@H](NC(=O)Nc1ccccc1)C(C)C. The van der Waals surface area contributed by atoms with E-state index in [4.69, 9.17) is 0 Å². The number of hydrogen-bond donors (Lipinski definition) is 3. The lowest BCUT2D eigenvalue weighted by atomic mass is 10.0. The molecule has 0 aliphatic heterocycles. The van der Waals surface area contributed by atoms with Crippen molar-refractivity contribution in [2.45, 2.75) is 26.8 Å². The van der Waals surface area contributed by atoms with Crippen LogP contribution < -0.4 is 16.0 Å². The number of nitrogens with one attached hydrogen (secondary N) is 3. The Morgan fingerprint density at radius 2 is 1.68 bits per heavy atom. The number of carbonyl (C=O) groups is 2. The Morgan fingerprint density at radius 1 is 1.00 bits per heavy atom. The lowest BCUT2D eigenvalue weighted by Crippen LogP contribution is -2.48. The van der Waals surface area contributed by atoms with Crippen molar-refractivity contribution >= 4 is 23.3 Å². The highest BCUT2D eigenvalue weighted by molar-refractivity contribution is 5.99. The molecule has 0 aliphatic carbocycles. The average Bonchev–Trinajstić information content (AvgIpc) is 2.55. The minimum atomic E-state index is -0.729. The van der Waals surface area contributed by atoms with Crippen molar-refractivity contribution in [2.24, 2.45) is 5.92 Å². The summed E-state index contributed by atoms with van der Waals surface area (Å²) in [6.07, 6.45) is 0. The Morgan fingerprint density at radius 3 is 2.28 bits per heavy atom. The number of rotatable bonds is 5. The number of hydrogen-bond acceptors (Lipinski definition) is 2. The van der Waals surface area contributed by atoms with Crippen LogP contribution in [-0.4, -0.2) is 18.0 Å². The van der Waals surface area contributed by atoms with E-state index in [9.17, 15) is 14.0 Å². The Balaban J connectivity index is 2.03. The van der Waals surface area contributed by atoms with Gasteiger partial charge in [-0.2, -0.15) is 0 Å². The first-order valence-electron chi connectivity index (χ1n) is 8.06. The Kier molecular flexibility index (Phi) is 6.11. The maximum atomic E-state index is 13.2. The van der Waals surface area contributed by atoms with Gasteiger partial charge in [-0.05, 0) is 48.7 Å². The monoisotopic (exact) mass is 343 g/mol. The number of anilines is 2. The van der Waals surface area contributed by atoms with E-state index in [1.165, 1.54) is 18.2 Å². The number of amides is 3. The third kappa shape index (κ3) is 5.31. The molecule has 132 valence electrons. The van der Waals surface area contributed by atoms with Crippen LogP contribution in [-0.2, 0) is 4.79 Å². The lowest BCUT2D eigenvalue weighted by molar-refractivity contribution is -0.118. The molecule has 3 N–H and O–H groups in total. The molecule has 2 aromatic carbocycles. The number of benzene rings is 2. The van der Waals surface area contributed by atoms with Gasteiger partial charge in [-0.1, -0.05) is 32.0 Å². The molecule has 0 spiro atoms. The molecule has 25 heavy (non-hydrogen) atoms. The van der Waals surface area contributed by atoms with Gasteiger partial charge in [-0.3, -0.25) is 4.79 Å². The second-order valence-electron chi connectivity index (χ2n) is 6.13. The molecule has 1 atom stereocenters. The molecule has 0 aliphatic rings. The normalized spacial score (nSPS) is 11.7. The molecule has 5 nitrogen and oxygen atoms in total. The van der Waals surface area contributed by atoms with Gasteiger partial charge in [0.15, 0.2) is 0 Å². The molecule has 2 aromatic rings. The van der Waals surface area contributed by atoms with Crippen molar-refractivity contribution < 1.29 is 14.0 Å². The molecule has 0 aromatic heterocycles. The molecular formula is C19H22FN3O2. The third-order valence-corrected chi connectivity index (χ3v) is 3.71. The lowest BCUT2D eigenvalue weighted by Gasteiger charge is -2.22. The summed E-state index contributed by atoms with van der Waals surface area (Å²) in [6.45, 7) is 5.38. The van der Waals surface area contributed by atoms with Crippen LogP contribution in [0.25, 0.3) is 0 Å². The highest BCUT2D eigenvalue weighted by Gasteiger charge is 2.24. The second kappa shape index (κ2) is 8.28. The maximum absolute atomic E-state index is 13.2. The molecule has 0 fully saturated rings. The van der Waals surface area contributed by atoms with Gasteiger partial charge in [-0.15, -0.1) is 0 Å². The maximum Gasteiger partial charge on any atom is 0.319 e. The van der Waals surface area contributed by atoms with E-state index in [0.29, 0.717) is 16.9 Å².